The zero-order valence-corrected chi connectivity index (χ0v) is 7.80. The van der Waals surface area contributed by atoms with Crippen molar-refractivity contribution in [3.8, 4) is 0 Å². The van der Waals surface area contributed by atoms with E-state index in [0.717, 1.165) is 12.6 Å². The molecule has 0 bridgehead atoms. The molecule has 1 fully saturated rings. The van der Waals surface area contributed by atoms with Gasteiger partial charge in [0.2, 0.25) is 0 Å². The number of likely N-dealkylation sites (tertiary alicyclic amines) is 1. The molecule has 0 aromatic rings. The zero-order valence-electron chi connectivity index (χ0n) is 7.80. The van der Waals surface area contributed by atoms with E-state index in [9.17, 15) is 0 Å². The number of nitrogens with one attached hydrogen (secondary N) is 1. The third-order valence-electron chi connectivity index (χ3n) is 2.35. The van der Waals surface area contributed by atoms with Gasteiger partial charge in [0.05, 0.1) is 0 Å². The van der Waals surface area contributed by atoms with E-state index in [1.165, 1.54) is 19.6 Å². The molecule has 0 radical (unpaired) electrons. The summed E-state index contributed by atoms with van der Waals surface area (Å²) in [6, 6.07) is 0.798. The van der Waals surface area contributed by atoms with Gasteiger partial charge in [-0.15, -0.1) is 0 Å². The molecule has 3 nitrogen and oxygen atoms in total. The van der Waals surface area contributed by atoms with Crippen molar-refractivity contribution >= 4 is 0 Å². The van der Waals surface area contributed by atoms with Crippen molar-refractivity contribution in [2.75, 3.05) is 47.3 Å². The maximum absolute atomic E-state index is 3.16. The van der Waals surface area contributed by atoms with Gasteiger partial charge in [-0.3, -0.25) is 4.90 Å². The number of likely N-dealkylation sites (N-methyl/N-ethyl adjacent to an activating group) is 2. The van der Waals surface area contributed by atoms with Crippen LogP contribution in [-0.2, 0) is 0 Å². The third-order valence-corrected chi connectivity index (χ3v) is 2.35. The molecule has 0 aromatic carbocycles. The fourth-order valence-corrected chi connectivity index (χ4v) is 1.32. The predicted octanol–water partition coefficient (Wildman–Crippen LogP) is -0.548. The quantitative estimate of drug-likeness (QED) is 0.591. The van der Waals surface area contributed by atoms with Gasteiger partial charge in [0.15, 0.2) is 0 Å². The molecule has 0 amide bonds. The van der Waals surface area contributed by atoms with Crippen LogP contribution in [0.15, 0.2) is 0 Å². The van der Waals surface area contributed by atoms with Gasteiger partial charge < -0.3 is 10.2 Å². The molecular formula is C8H19N3. The summed E-state index contributed by atoms with van der Waals surface area (Å²) in [4.78, 5) is 4.77. The second kappa shape index (κ2) is 4.04. The lowest BCUT2D eigenvalue weighted by atomic mass is 10.1. The van der Waals surface area contributed by atoms with E-state index in [2.05, 4.69) is 29.2 Å². The maximum atomic E-state index is 3.16. The first-order valence-corrected chi connectivity index (χ1v) is 4.27. The minimum atomic E-state index is 0.798. The van der Waals surface area contributed by atoms with Crippen molar-refractivity contribution in [2.45, 2.75) is 6.04 Å². The van der Waals surface area contributed by atoms with Crippen LogP contribution >= 0.6 is 0 Å². The minimum absolute atomic E-state index is 0.798. The molecule has 11 heavy (non-hydrogen) atoms. The highest BCUT2D eigenvalue weighted by atomic mass is 15.3. The zero-order chi connectivity index (χ0) is 8.27. The van der Waals surface area contributed by atoms with Gasteiger partial charge in [0.25, 0.3) is 0 Å². The number of nitrogens with zero attached hydrogens (tertiary/aromatic N) is 2. The molecule has 66 valence electrons. The number of rotatable bonds is 4. The monoisotopic (exact) mass is 157 g/mol. The smallest absolute Gasteiger partial charge is 0.0344 e. The van der Waals surface area contributed by atoms with Crippen LogP contribution < -0.4 is 5.32 Å². The van der Waals surface area contributed by atoms with E-state index in [0.29, 0.717) is 0 Å². The van der Waals surface area contributed by atoms with Crippen LogP contribution in [0.25, 0.3) is 0 Å². The standard InChI is InChI=1S/C8H19N3/c1-9-4-5-11-6-8(7-11)10(2)3/h8-9H,4-7H2,1-3H3. The van der Waals surface area contributed by atoms with Crippen LogP contribution in [-0.4, -0.2) is 63.2 Å². The van der Waals surface area contributed by atoms with Crippen molar-refractivity contribution in [1.29, 1.82) is 0 Å². The van der Waals surface area contributed by atoms with Gasteiger partial charge in [-0.1, -0.05) is 0 Å². The Morgan fingerprint density at radius 3 is 2.55 bits per heavy atom. The van der Waals surface area contributed by atoms with E-state index in [-0.39, 0.29) is 0 Å². The van der Waals surface area contributed by atoms with Gasteiger partial charge >= 0.3 is 0 Å². The predicted molar refractivity (Wildman–Crippen MR) is 47.8 cm³/mol. The Labute approximate surface area is 69.4 Å². The summed E-state index contributed by atoms with van der Waals surface area (Å²) in [6.45, 7) is 4.80. The molecule has 0 atom stereocenters. The Morgan fingerprint density at radius 2 is 2.09 bits per heavy atom. The molecular weight excluding hydrogens is 138 g/mol. The topological polar surface area (TPSA) is 18.5 Å². The molecule has 3 heteroatoms. The Hall–Kier alpha value is -0.120. The van der Waals surface area contributed by atoms with Gasteiger partial charge in [0.1, 0.15) is 0 Å². The molecule has 0 spiro atoms. The van der Waals surface area contributed by atoms with Gasteiger partial charge in [-0.2, -0.15) is 0 Å². The second-order valence-corrected chi connectivity index (χ2v) is 3.48. The average Bonchev–Trinajstić information content (AvgIpc) is 1.84. The first-order chi connectivity index (χ1) is 5.24. The second-order valence-electron chi connectivity index (χ2n) is 3.48. The molecule has 0 unspecified atom stereocenters. The number of hydrogen-bond donors (Lipinski definition) is 1. The molecule has 1 N–H and O–H groups in total. The number of hydrogen-bond acceptors (Lipinski definition) is 3. The van der Waals surface area contributed by atoms with Crippen molar-refractivity contribution in [3.63, 3.8) is 0 Å². The van der Waals surface area contributed by atoms with Gasteiger partial charge in [-0.25, -0.2) is 0 Å². The van der Waals surface area contributed by atoms with Crippen molar-refractivity contribution in [3.05, 3.63) is 0 Å². The Morgan fingerprint density at radius 1 is 1.45 bits per heavy atom. The Balaban J connectivity index is 2.00. The van der Waals surface area contributed by atoms with E-state index >= 15 is 0 Å². The fourth-order valence-electron chi connectivity index (χ4n) is 1.32. The van der Waals surface area contributed by atoms with Crippen LogP contribution in [0.5, 0.6) is 0 Å². The summed E-state index contributed by atoms with van der Waals surface area (Å²) in [5.41, 5.74) is 0. The lowest BCUT2D eigenvalue weighted by Crippen LogP contribution is -2.58. The molecule has 1 aliphatic rings. The first-order valence-electron chi connectivity index (χ1n) is 4.27. The summed E-state index contributed by atoms with van der Waals surface area (Å²) in [5, 5.41) is 3.16. The largest absolute Gasteiger partial charge is 0.318 e. The van der Waals surface area contributed by atoms with E-state index in [1.807, 2.05) is 7.05 Å². The van der Waals surface area contributed by atoms with E-state index in [1.54, 1.807) is 0 Å². The first kappa shape index (κ1) is 8.97. The highest BCUT2D eigenvalue weighted by Gasteiger charge is 2.26. The lowest BCUT2D eigenvalue weighted by Gasteiger charge is -2.42. The average molecular weight is 157 g/mol. The fraction of sp³-hybridized carbons (Fsp3) is 1.00. The molecule has 1 aliphatic heterocycles. The lowest BCUT2D eigenvalue weighted by molar-refractivity contribution is 0.0652. The van der Waals surface area contributed by atoms with Crippen LogP contribution in [0.4, 0.5) is 0 Å². The highest BCUT2D eigenvalue weighted by molar-refractivity contribution is 4.85. The van der Waals surface area contributed by atoms with Crippen molar-refractivity contribution < 1.29 is 0 Å². The third kappa shape index (κ3) is 2.43. The SMILES string of the molecule is CNCCN1CC(N(C)C)C1. The molecule has 1 rings (SSSR count). The summed E-state index contributed by atoms with van der Waals surface area (Å²) in [7, 11) is 6.31. The van der Waals surface area contributed by atoms with Gasteiger partial charge in [-0.05, 0) is 21.1 Å². The molecule has 1 saturated heterocycles. The van der Waals surface area contributed by atoms with Crippen molar-refractivity contribution in [2.24, 2.45) is 0 Å². The van der Waals surface area contributed by atoms with E-state index < -0.39 is 0 Å². The van der Waals surface area contributed by atoms with Crippen LogP contribution in [0.1, 0.15) is 0 Å². The Bertz CT molecular complexity index is 108. The summed E-state index contributed by atoms with van der Waals surface area (Å²) >= 11 is 0. The van der Waals surface area contributed by atoms with Crippen LogP contribution in [0, 0.1) is 0 Å². The summed E-state index contributed by atoms with van der Waals surface area (Å²) < 4.78 is 0. The van der Waals surface area contributed by atoms with Gasteiger partial charge in [0, 0.05) is 32.2 Å². The van der Waals surface area contributed by atoms with Crippen LogP contribution in [0.3, 0.4) is 0 Å². The highest BCUT2D eigenvalue weighted by Crippen LogP contribution is 2.10. The maximum Gasteiger partial charge on any atom is 0.0344 e. The molecule has 0 aromatic heterocycles. The molecule has 0 saturated carbocycles. The molecule has 1 heterocycles. The molecule has 0 aliphatic carbocycles. The summed E-state index contributed by atoms with van der Waals surface area (Å²) in [6.07, 6.45) is 0. The Kier molecular flexibility index (Phi) is 3.30. The minimum Gasteiger partial charge on any atom is -0.318 e. The van der Waals surface area contributed by atoms with Crippen LogP contribution in [0.2, 0.25) is 0 Å². The normalized spacial score (nSPS) is 20.7. The van der Waals surface area contributed by atoms with Crippen molar-refractivity contribution in [1.82, 2.24) is 15.1 Å². The van der Waals surface area contributed by atoms with E-state index in [4.69, 9.17) is 0 Å². The summed E-state index contributed by atoms with van der Waals surface area (Å²) in [5.74, 6) is 0.